The second kappa shape index (κ2) is 7.46. The van der Waals surface area contributed by atoms with E-state index in [0.717, 1.165) is 12.0 Å². The first-order valence-corrected chi connectivity index (χ1v) is 7.53. The van der Waals surface area contributed by atoms with E-state index in [1.807, 2.05) is 36.4 Å². The highest BCUT2D eigenvalue weighted by Crippen LogP contribution is 2.40. The van der Waals surface area contributed by atoms with Gasteiger partial charge in [0, 0.05) is 13.2 Å². The second-order valence-electron chi connectivity index (χ2n) is 5.89. The molecule has 1 aliphatic rings. The summed E-state index contributed by atoms with van der Waals surface area (Å²) in [7, 11) is 3.96. The number of ether oxygens (including phenoxy) is 2. The standard InChI is InChI=1S/C17H23BO3/c1-12-14(10-15(18)17(12)20-2)8-9-16(19)21-11-13-6-4-3-5-7-13/h3-9,12,14-15,17H,10-11,18H2,1-2H3/b9-8+/t12?,14-,15+,17-/m0/s1. The van der Waals surface area contributed by atoms with Crippen molar-refractivity contribution in [1.29, 1.82) is 0 Å². The molecule has 1 saturated carbocycles. The Morgan fingerprint density at radius 3 is 2.71 bits per heavy atom. The van der Waals surface area contributed by atoms with Crippen LogP contribution in [0.25, 0.3) is 0 Å². The highest BCUT2D eigenvalue weighted by molar-refractivity contribution is 6.12. The Balaban J connectivity index is 1.82. The summed E-state index contributed by atoms with van der Waals surface area (Å²) in [5.41, 5.74) is 1.00. The topological polar surface area (TPSA) is 35.5 Å². The maximum absolute atomic E-state index is 11.8. The van der Waals surface area contributed by atoms with Gasteiger partial charge in [-0.25, -0.2) is 4.79 Å². The van der Waals surface area contributed by atoms with Gasteiger partial charge in [-0.15, -0.1) is 0 Å². The molecule has 0 aliphatic heterocycles. The molecule has 0 N–H and O–H groups in total. The molecule has 4 atom stereocenters. The minimum atomic E-state index is -0.278. The molecule has 0 spiro atoms. The van der Waals surface area contributed by atoms with E-state index in [2.05, 4.69) is 14.8 Å². The van der Waals surface area contributed by atoms with E-state index in [9.17, 15) is 4.79 Å². The first-order valence-electron chi connectivity index (χ1n) is 7.53. The Bertz CT molecular complexity index is 486. The van der Waals surface area contributed by atoms with Gasteiger partial charge in [0.1, 0.15) is 14.5 Å². The maximum atomic E-state index is 11.8. The predicted molar refractivity (Wildman–Crippen MR) is 85.7 cm³/mol. The molecule has 1 aromatic rings. The summed E-state index contributed by atoms with van der Waals surface area (Å²) in [5, 5.41) is 0. The van der Waals surface area contributed by atoms with E-state index in [-0.39, 0.29) is 12.1 Å². The molecular weight excluding hydrogens is 263 g/mol. The molecular formula is C17H23BO3. The van der Waals surface area contributed by atoms with Crippen LogP contribution in [-0.2, 0) is 20.9 Å². The SMILES string of the molecule is B[C@@H]1C[C@H](/C=C/C(=O)OCc2ccccc2)C(C)[C@@H]1OC. The summed E-state index contributed by atoms with van der Waals surface area (Å²) in [6.45, 7) is 2.50. The third-order valence-corrected chi connectivity index (χ3v) is 4.37. The molecule has 1 aliphatic carbocycles. The number of allylic oxidation sites excluding steroid dienone is 1. The van der Waals surface area contributed by atoms with Gasteiger partial charge in [0.05, 0.1) is 6.10 Å². The van der Waals surface area contributed by atoms with Gasteiger partial charge in [0.2, 0.25) is 0 Å². The average Bonchev–Trinajstić information content (AvgIpc) is 2.77. The van der Waals surface area contributed by atoms with Crippen LogP contribution in [0.15, 0.2) is 42.5 Å². The van der Waals surface area contributed by atoms with E-state index in [1.54, 1.807) is 13.2 Å². The first kappa shape index (κ1) is 15.8. The number of esters is 1. The zero-order valence-corrected chi connectivity index (χ0v) is 13.0. The predicted octanol–water partition coefficient (Wildman–Crippen LogP) is 2.38. The molecule has 0 saturated heterocycles. The van der Waals surface area contributed by atoms with Crippen LogP contribution in [0.4, 0.5) is 0 Å². The van der Waals surface area contributed by atoms with Crippen molar-refractivity contribution in [2.45, 2.75) is 31.9 Å². The lowest BCUT2D eigenvalue weighted by atomic mass is 9.83. The molecule has 0 amide bonds. The summed E-state index contributed by atoms with van der Waals surface area (Å²) in [4.78, 5) is 11.8. The zero-order chi connectivity index (χ0) is 15.2. The normalized spacial score (nSPS) is 28.9. The second-order valence-corrected chi connectivity index (χ2v) is 5.89. The van der Waals surface area contributed by atoms with Crippen LogP contribution in [0.5, 0.6) is 0 Å². The number of hydrogen-bond acceptors (Lipinski definition) is 3. The lowest BCUT2D eigenvalue weighted by molar-refractivity contribution is -0.139. The van der Waals surface area contributed by atoms with Crippen LogP contribution in [-0.4, -0.2) is 27.0 Å². The summed E-state index contributed by atoms with van der Waals surface area (Å²) in [6.07, 6.45) is 4.88. The molecule has 112 valence electrons. The summed E-state index contributed by atoms with van der Waals surface area (Å²) >= 11 is 0. The summed E-state index contributed by atoms with van der Waals surface area (Å²) < 4.78 is 10.8. The quantitative estimate of drug-likeness (QED) is 0.473. The van der Waals surface area contributed by atoms with Crippen molar-refractivity contribution in [3.63, 3.8) is 0 Å². The van der Waals surface area contributed by atoms with Crippen molar-refractivity contribution >= 4 is 13.8 Å². The van der Waals surface area contributed by atoms with Gasteiger partial charge in [-0.1, -0.05) is 43.3 Å². The van der Waals surface area contributed by atoms with Crippen LogP contribution in [0.3, 0.4) is 0 Å². The maximum Gasteiger partial charge on any atom is 0.330 e. The fraction of sp³-hybridized carbons (Fsp3) is 0.471. The van der Waals surface area contributed by atoms with Gasteiger partial charge in [-0.2, -0.15) is 0 Å². The van der Waals surface area contributed by atoms with Crippen molar-refractivity contribution in [2.75, 3.05) is 7.11 Å². The van der Waals surface area contributed by atoms with Gasteiger partial charge >= 0.3 is 5.97 Å². The highest BCUT2D eigenvalue weighted by atomic mass is 16.5. The molecule has 0 heterocycles. The number of hydrogen-bond donors (Lipinski definition) is 0. The smallest absolute Gasteiger partial charge is 0.330 e. The number of methoxy groups -OCH3 is 1. The number of carbonyl (C=O) groups excluding carboxylic acids is 1. The molecule has 1 fully saturated rings. The summed E-state index contributed by atoms with van der Waals surface area (Å²) in [6, 6.07) is 9.71. The zero-order valence-electron chi connectivity index (χ0n) is 13.0. The lowest BCUT2D eigenvalue weighted by Crippen LogP contribution is -2.20. The van der Waals surface area contributed by atoms with E-state index < -0.39 is 0 Å². The minimum Gasteiger partial charge on any atom is -0.458 e. The largest absolute Gasteiger partial charge is 0.458 e. The number of rotatable bonds is 5. The Kier molecular flexibility index (Phi) is 5.63. The van der Waals surface area contributed by atoms with Crippen molar-refractivity contribution in [3.05, 3.63) is 48.0 Å². The Labute approximate surface area is 127 Å². The van der Waals surface area contributed by atoms with Gasteiger partial charge in [-0.3, -0.25) is 0 Å². The first-order chi connectivity index (χ1) is 10.1. The molecule has 21 heavy (non-hydrogen) atoms. The summed E-state index contributed by atoms with van der Waals surface area (Å²) in [5.74, 6) is 1.07. The van der Waals surface area contributed by atoms with Crippen LogP contribution < -0.4 is 0 Å². The Morgan fingerprint density at radius 1 is 1.38 bits per heavy atom. The van der Waals surface area contributed by atoms with Crippen LogP contribution in [0.2, 0.25) is 5.82 Å². The third kappa shape index (κ3) is 4.21. The van der Waals surface area contributed by atoms with Crippen molar-refractivity contribution in [1.82, 2.24) is 0 Å². The minimum absolute atomic E-state index is 0.278. The van der Waals surface area contributed by atoms with E-state index in [0.29, 0.717) is 24.3 Å². The Morgan fingerprint density at radius 2 is 2.10 bits per heavy atom. The third-order valence-electron chi connectivity index (χ3n) is 4.37. The average molecular weight is 286 g/mol. The van der Waals surface area contributed by atoms with E-state index >= 15 is 0 Å². The lowest BCUT2D eigenvalue weighted by Gasteiger charge is -2.19. The number of benzene rings is 1. The van der Waals surface area contributed by atoms with Crippen LogP contribution in [0.1, 0.15) is 18.9 Å². The molecule has 1 aromatic carbocycles. The number of carbonyl (C=O) groups is 1. The van der Waals surface area contributed by atoms with E-state index in [4.69, 9.17) is 9.47 Å². The van der Waals surface area contributed by atoms with Gasteiger partial charge in [0.25, 0.3) is 0 Å². The van der Waals surface area contributed by atoms with E-state index in [1.165, 1.54) is 0 Å². The van der Waals surface area contributed by atoms with Gasteiger partial charge in [0.15, 0.2) is 0 Å². The van der Waals surface area contributed by atoms with Crippen LogP contribution in [0, 0.1) is 11.8 Å². The van der Waals surface area contributed by atoms with Crippen molar-refractivity contribution < 1.29 is 14.3 Å². The van der Waals surface area contributed by atoms with Gasteiger partial charge in [-0.05, 0) is 29.6 Å². The molecule has 2 rings (SSSR count). The van der Waals surface area contributed by atoms with Gasteiger partial charge < -0.3 is 9.47 Å². The fourth-order valence-corrected chi connectivity index (χ4v) is 3.22. The van der Waals surface area contributed by atoms with Crippen molar-refractivity contribution in [2.24, 2.45) is 11.8 Å². The molecule has 0 aromatic heterocycles. The monoisotopic (exact) mass is 286 g/mol. The molecule has 4 heteroatoms. The molecule has 0 bridgehead atoms. The molecule has 3 nitrogen and oxygen atoms in total. The fourth-order valence-electron chi connectivity index (χ4n) is 3.22. The van der Waals surface area contributed by atoms with Crippen LogP contribution >= 0.6 is 0 Å². The molecule has 1 unspecified atom stereocenters. The molecule has 0 radical (unpaired) electrons. The Hall–Kier alpha value is -1.55. The van der Waals surface area contributed by atoms with Crippen molar-refractivity contribution in [3.8, 4) is 0 Å². The highest BCUT2D eigenvalue weighted by Gasteiger charge is 2.36.